The van der Waals surface area contributed by atoms with E-state index in [1.165, 1.54) is 22.8 Å². The lowest BCUT2D eigenvalue weighted by atomic mass is 9.97. The van der Waals surface area contributed by atoms with Crippen LogP contribution in [0.4, 0.5) is 11.4 Å². The van der Waals surface area contributed by atoms with E-state index in [2.05, 4.69) is 22.3 Å². The van der Waals surface area contributed by atoms with Gasteiger partial charge in [-0.1, -0.05) is 29.8 Å². The van der Waals surface area contributed by atoms with Crippen molar-refractivity contribution in [3.8, 4) is 0 Å². The van der Waals surface area contributed by atoms with Crippen LogP contribution in [0.2, 0.25) is 0 Å². The Labute approximate surface area is 185 Å². The fourth-order valence-electron chi connectivity index (χ4n) is 4.36. The molecule has 2 saturated heterocycles. The molecule has 0 unspecified atom stereocenters. The Bertz CT molecular complexity index is 989. The number of hydrogen-bond acceptors (Lipinski definition) is 4. The number of aryl methyl sites for hydroxylation is 1. The highest BCUT2D eigenvalue weighted by molar-refractivity contribution is 7.88. The summed E-state index contributed by atoms with van der Waals surface area (Å²) in [5, 5.41) is 3.00. The van der Waals surface area contributed by atoms with E-state index >= 15 is 0 Å². The van der Waals surface area contributed by atoms with E-state index in [0.717, 1.165) is 29.9 Å². The molecule has 2 heterocycles. The summed E-state index contributed by atoms with van der Waals surface area (Å²) in [5.74, 6) is -0.179. The second kappa shape index (κ2) is 9.40. The molecule has 0 saturated carbocycles. The maximum Gasteiger partial charge on any atom is 0.227 e. The summed E-state index contributed by atoms with van der Waals surface area (Å²) in [4.78, 5) is 15.1. The molecule has 4 rings (SSSR count). The third-order valence-corrected chi connectivity index (χ3v) is 8.14. The Morgan fingerprint density at radius 1 is 0.935 bits per heavy atom. The lowest BCUT2D eigenvalue weighted by molar-refractivity contribution is -0.120. The molecule has 2 aromatic carbocycles. The zero-order chi connectivity index (χ0) is 21.8. The predicted molar refractivity (Wildman–Crippen MR) is 125 cm³/mol. The van der Waals surface area contributed by atoms with Crippen molar-refractivity contribution in [3.63, 3.8) is 0 Å². The van der Waals surface area contributed by atoms with Gasteiger partial charge in [-0.2, -0.15) is 0 Å². The summed E-state index contributed by atoms with van der Waals surface area (Å²) >= 11 is 0. The Kier molecular flexibility index (Phi) is 6.62. The number of nitrogens with one attached hydrogen (secondary N) is 1. The second-order valence-corrected chi connectivity index (χ2v) is 10.6. The van der Waals surface area contributed by atoms with E-state index in [1.807, 2.05) is 43.3 Å². The number of anilines is 2. The normalized spacial score (nSPS) is 18.3. The minimum Gasteiger partial charge on any atom is -0.372 e. The molecule has 0 atom stereocenters. The molecule has 0 bridgehead atoms. The molecule has 0 aliphatic carbocycles. The van der Waals surface area contributed by atoms with Gasteiger partial charge < -0.3 is 10.2 Å². The maximum absolute atomic E-state index is 12.8. The Balaban J connectivity index is 1.28. The van der Waals surface area contributed by atoms with Gasteiger partial charge in [0.05, 0.1) is 5.75 Å². The first kappa shape index (κ1) is 21.8. The Morgan fingerprint density at radius 2 is 1.55 bits per heavy atom. The number of carbonyl (C=O) groups excluding carboxylic acids is 1. The fourth-order valence-corrected chi connectivity index (χ4v) is 5.92. The number of sulfonamides is 1. The van der Waals surface area contributed by atoms with Crippen LogP contribution in [0.1, 0.15) is 36.8 Å². The molecule has 0 spiro atoms. The van der Waals surface area contributed by atoms with Gasteiger partial charge in [0, 0.05) is 43.5 Å². The number of carbonyl (C=O) groups is 1. The summed E-state index contributed by atoms with van der Waals surface area (Å²) in [5.41, 5.74) is 3.89. The van der Waals surface area contributed by atoms with Crippen LogP contribution in [0.5, 0.6) is 0 Å². The van der Waals surface area contributed by atoms with Crippen molar-refractivity contribution >= 4 is 27.3 Å². The maximum atomic E-state index is 12.8. The van der Waals surface area contributed by atoms with Crippen molar-refractivity contribution in [2.24, 2.45) is 5.92 Å². The van der Waals surface area contributed by atoms with Gasteiger partial charge in [-0.05, 0) is 62.4 Å². The first-order valence-corrected chi connectivity index (χ1v) is 12.7. The molecular weight excluding hydrogens is 410 g/mol. The van der Waals surface area contributed by atoms with Gasteiger partial charge in [0.2, 0.25) is 15.9 Å². The van der Waals surface area contributed by atoms with Crippen molar-refractivity contribution in [3.05, 3.63) is 59.7 Å². The first-order chi connectivity index (χ1) is 14.9. The average Bonchev–Trinajstić information content (AvgIpc) is 3.31. The van der Waals surface area contributed by atoms with Crippen molar-refractivity contribution in [1.82, 2.24) is 4.31 Å². The number of nitrogens with zero attached hydrogens (tertiary/aromatic N) is 2. The van der Waals surface area contributed by atoms with E-state index in [-0.39, 0.29) is 17.6 Å². The van der Waals surface area contributed by atoms with Crippen molar-refractivity contribution in [1.29, 1.82) is 0 Å². The molecule has 31 heavy (non-hydrogen) atoms. The van der Waals surface area contributed by atoms with Crippen molar-refractivity contribution in [2.45, 2.75) is 38.4 Å². The van der Waals surface area contributed by atoms with E-state index < -0.39 is 10.0 Å². The van der Waals surface area contributed by atoms with Gasteiger partial charge in [0.1, 0.15) is 0 Å². The van der Waals surface area contributed by atoms with Gasteiger partial charge in [0.25, 0.3) is 0 Å². The smallest absolute Gasteiger partial charge is 0.227 e. The molecule has 0 aromatic heterocycles. The lowest BCUT2D eigenvalue weighted by Gasteiger charge is -2.30. The third-order valence-electron chi connectivity index (χ3n) is 6.29. The highest BCUT2D eigenvalue weighted by atomic mass is 32.2. The number of benzene rings is 2. The molecule has 7 heteroatoms. The van der Waals surface area contributed by atoms with Gasteiger partial charge in [-0.25, -0.2) is 12.7 Å². The largest absolute Gasteiger partial charge is 0.372 e. The standard InChI is InChI=1S/C24H31N3O3S/c1-19-4-6-20(7-5-19)18-31(29,30)27-16-12-21(13-17-27)24(28)25-22-8-10-23(11-9-22)26-14-2-3-15-26/h4-11,21H,2-3,12-18H2,1H3,(H,25,28). The molecule has 2 aliphatic heterocycles. The summed E-state index contributed by atoms with van der Waals surface area (Å²) < 4.78 is 27.1. The molecule has 1 N–H and O–H groups in total. The zero-order valence-electron chi connectivity index (χ0n) is 18.1. The van der Waals surface area contributed by atoms with Crippen LogP contribution < -0.4 is 10.2 Å². The predicted octanol–water partition coefficient (Wildman–Crippen LogP) is 3.78. The number of piperidine rings is 1. The molecule has 2 fully saturated rings. The lowest BCUT2D eigenvalue weighted by Crippen LogP contribution is -2.41. The topological polar surface area (TPSA) is 69.7 Å². The van der Waals surface area contributed by atoms with E-state index in [0.29, 0.717) is 25.9 Å². The van der Waals surface area contributed by atoms with Crippen LogP contribution in [0.25, 0.3) is 0 Å². The Morgan fingerprint density at radius 3 is 2.16 bits per heavy atom. The van der Waals surface area contributed by atoms with Crippen LogP contribution >= 0.6 is 0 Å². The van der Waals surface area contributed by atoms with Crippen LogP contribution in [0, 0.1) is 12.8 Å². The zero-order valence-corrected chi connectivity index (χ0v) is 18.9. The summed E-state index contributed by atoms with van der Waals surface area (Å²) in [6.07, 6.45) is 3.56. The highest BCUT2D eigenvalue weighted by Crippen LogP contribution is 2.25. The van der Waals surface area contributed by atoms with Gasteiger partial charge in [-0.3, -0.25) is 4.79 Å². The first-order valence-electron chi connectivity index (χ1n) is 11.1. The quantitative estimate of drug-likeness (QED) is 0.741. The van der Waals surface area contributed by atoms with Gasteiger partial charge in [0.15, 0.2) is 0 Å². The third kappa shape index (κ3) is 5.46. The molecule has 6 nitrogen and oxygen atoms in total. The summed E-state index contributed by atoms with van der Waals surface area (Å²) in [6.45, 7) is 4.95. The molecule has 166 valence electrons. The number of amides is 1. The van der Waals surface area contributed by atoms with Gasteiger partial charge in [-0.15, -0.1) is 0 Å². The average molecular weight is 442 g/mol. The van der Waals surface area contributed by atoms with Crippen LogP contribution in [-0.2, 0) is 20.6 Å². The van der Waals surface area contributed by atoms with Crippen molar-refractivity contribution in [2.75, 3.05) is 36.4 Å². The van der Waals surface area contributed by atoms with Crippen LogP contribution in [0.3, 0.4) is 0 Å². The second-order valence-electron chi connectivity index (χ2n) is 8.65. The molecular formula is C24H31N3O3S. The van der Waals surface area contributed by atoms with Gasteiger partial charge >= 0.3 is 0 Å². The van der Waals surface area contributed by atoms with Crippen LogP contribution in [-0.4, -0.2) is 44.8 Å². The summed E-state index contributed by atoms with van der Waals surface area (Å²) in [6, 6.07) is 15.6. The van der Waals surface area contributed by atoms with E-state index in [9.17, 15) is 13.2 Å². The Hall–Kier alpha value is -2.38. The SMILES string of the molecule is Cc1ccc(CS(=O)(=O)N2CCC(C(=O)Nc3ccc(N4CCCC4)cc3)CC2)cc1. The minimum absolute atomic E-state index is 0.00745. The van der Waals surface area contributed by atoms with Crippen molar-refractivity contribution < 1.29 is 13.2 Å². The van der Waals surface area contributed by atoms with E-state index in [1.54, 1.807) is 0 Å². The molecule has 2 aromatic rings. The number of hydrogen-bond donors (Lipinski definition) is 1. The molecule has 0 radical (unpaired) electrons. The highest BCUT2D eigenvalue weighted by Gasteiger charge is 2.31. The fraction of sp³-hybridized carbons (Fsp3) is 0.458. The van der Waals surface area contributed by atoms with E-state index in [4.69, 9.17) is 0 Å². The molecule has 1 amide bonds. The molecule has 2 aliphatic rings. The van der Waals surface area contributed by atoms with Crippen LogP contribution in [0.15, 0.2) is 48.5 Å². The number of rotatable bonds is 6. The minimum atomic E-state index is -3.37. The monoisotopic (exact) mass is 441 g/mol. The summed E-state index contributed by atoms with van der Waals surface area (Å²) in [7, 11) is -3.37.